The molecule has 0 spiro atoms. The Kier molecular flexibility index (Phi) is 4.34. The van der Waals surface area contributed by atoms with Gasteiger partial charge < -0.3 is 9.73 Å². The Morgan fingerprint density at radius 2 is 1.91 bits per heavy atom. The van der Waals surface area contributed by atoms with Gasteiger partial charge >= 0.3 is 0 Å². The quantitative estimate of drug-likeness (QED) is 0.767. The van der Waals surface area contributed by atoms with Crippen LogP contribution in [0.3, 0.4) is 0 Å². The van der Waals surface area contributed by atoms with E-state index < -0.39 is 5.82 Å². The first-order valence-electron chi connectivity index (χ1n) is 6.79. The second-order valence-corrected chi connectivity index (χ2v) is 5.08. The Labute approximate surface area is 131 Å². The molecule has 112 valence electrons. The second kappa shape index (κ2) is 6.58. The summed E-state index contributed by atoms with van der Waals surface area (Å²) in [6, 6.07) is 14.1. The molecule has 0 radical (unpaired) electrons. The predicted molar refractivity (Wildman–Crippen MR) is 83.3 cm³/mol. The number of rotatable bonds is 5. The summed E-state index contributed by atoms with van der Waals surface area (Å²) in [7, 11) is 0. The maximum absolute atomic E-state index is 13.1. The predicted octanol–water partition coefficient (Wildman–Crippen LogP) is 4.18. The molecule has 0 atom stereocenters. The van der Waals surface area contributed by atoms with Gasteiger partial charge in [0.05, 0.1) is 5.02 Å². The Morgan fingerprint density at radius 3 is 2.68 bits per heavy atom. The zero-order valence-electron chi connectivity index (χ0n) is 11.6. The molecule has 0 aliphatic carbocycles. The molecule has 1 heterocycles. The van der Waals surface area contributed by atoms with Gasteiger partial charge in [0.1, 0.15) is 5.82 Å². The molecule has 4 nitrogen and oxygen atoms in total. The number of halogens is 2. The van der Waals surface area contributed by atoms with Gasteiger partial charge in [-0.15, -0.1) is 10.2 Å². The van der Waals surface area contributed by atoms with E-state index in [2.05, 4.69) is 15.5 Å². The van der Waals surface area contributed by atoms with Gasteiger partial charge in [0.25, 0.3) is 0 Å². The first-order valence-corrected chi connectivity index (χ1v) is 7.17. The smallest absolute Gasteiger partial charge is 0.247 e. The van der Waals surface area contributed by atoms with Crippen molar-refractivity contribution in [3.8, 4) is 11.5 Å². The molecule has 2 aromatic carbocycles. The zero-order chi connectivity index (χ0) is 15.4. The van der Waals surface area contributed by atoms with E-state index in [1.165, 1.54) is 6.07 Å². The minimum Gasteiger partial charge on any atom is -0.421 e. The summed E-state index contributed by atoms with van der Waals surface area (Å²) < 4.78 is 18.7. The summed E-state index contributed by atoms with van der Waals surface area (Å²) in [6.45, 7) is 0.582. The molecule has 1 N–H and O–H groups in total. The summed E-state index contributed by atoms with van der Waals surface area (Å²) in [6.07, 6.45) is 0.564. The van der Waals surface area contributed by atoms with Gasteiger partial charge in [-0.2, -0.15) is 0 Å². The Bertz CT molecular complexity index is 761. The highest BCUT2D eigenvalue weighted by Gasteiger charge is 2.08. The third kappa shape index (κ3) is 3.43. The third-order valence-electron chi connectivity index (χ3n) is 3.08. The molecule has 0 amide bonds. The summed E-state index contributed by atoms with van der Waals surface area (Å²) >= 11 is 5.73. The average molecular weight is 318 g/mol. The summed E-state index contributed by atoms with van der Waals surface area (Å²) in [5.74, 6) is 0.608. The van der Waals surface area contributed by atoms with Gasteiger partial charge in [0, 0.05) is 24.2 Å². The molecule has 3 aromatic rings. The first-order chi connectivity index (χ1) is 10.7. The van der Waals surface area contributed by atoms with Gasteiger partial charge in [-0.3, -0.25) is 0 Å². The van der Waals surface area contributed by atoms with Crippen molar-refractivity contribution >= 4 is 17.3 Å². The fourth-order valence-corrected chi connectivity index (χ4v) is 2.15. The van der Waals surface area contributed by atoms with Crippen molar-refractivity contribution in [1.29, 1.82) is 0 Å². The van der Waals surface area contributed by atoms with Crippen molar-refractivity contribution < 1.29 is 8.81 Å². The number of hydrogen-bond donors (Lipinski definition) is 1. The van der Waals surface area contributed by atoms with Crippen LogP contribution in [-0.4, -0.2) is 16.7 Å². The van der Waals surface area contributed by atoms with Gasteiger partial charge in [-0.1, -0.05) is 29.8 Å². The van der Waals surface area contributed by atoms with Crippen molar-refractivity contribution in [3.63, 3.8) is 0 Å². The molecule has 0 saturated carbocycles. The number of benzene rings is 2. The Morgan fingerprint density at radius 1 is 1.09 bits per heavy atom. The summed E-state index contributed by atoms with van der Waals surface area (Å²) in [5, 5.41) is 11.3. The number of anilines is 1. The monoisotopic (exact) mass is 317 g/mol. The third-order valence-corrected chi connectivity index (χ3v) is 3.36. The molecule has 0 saturated heterocycles. The maximum atomic E-state index is 13.1. The van der Waals surface area contributed by atoms with Crippen LogP contribution in [0.1, 0.15) is 5.89 Å². The van der Waals surface area contributed by atoms with E-state index in [4.69, 9.17) is 16.0 Å². The lowest BCUT2D eigenvalue weighted by Crippen LogP contribution is -2.05. The van der Waals surface area contributed by atoms with Crippen LogP contribution in [-0.2, 0) is 6.42 Å². The van der Waals surface area contributed by atoms with E-state index in [0.29, 0.717) is 24.7 Å². The topological polar surface area (TPSA) is 51.0 Å². The van der Waals surface area contributed by atoms with E-state index in [0.717, 1.165) is 11.3 Å². The Hall–Kier alpha value is -2.40. The van der Waals surface area contributed by atoms with Gasteiger partial charge in [0.2, 0.25) is 11.8 Å². The normalized spacial score (nSPS) is 10.6. The molecule has 22 heavy (non-hydrogen) atoms. The SMILES string of the molecule is Fc1ccc(NCCc2nnc(-c3ccccc3)o2)cc1Cl. The average Bonchev–Trinajstić information content (AvgIpc) is 3.01. The van der Waals surface area contributed by atoms with E-state index in [1.54, 1.807) is 12.1 Å². The molecule has 0 aliphatic heterocycles. The van der Waals surface area contributed by atoms with Crippen LogP contribution in [0.25, 0.3) is 11.5 Å². The zero-order valence-corrected chi connectivity index (χ0v) is 12.3. The van der Waals surface area contributed by atoms with E-state index in [-0.39, 0.29) is 5.02 Å². The number of nitrogens with one attached hydrogen (secondary N) is 1. The summed E-state index contributed by atoms with van der Waals surface area (Å²) in [5.41, 5.74) is 1.63. The first kappa shape index (κ1) is 14.5. The van der Waals surface area contributed by atoms with Gasteiger partial charge in [-0.05, 0) is 30.3 Å². The molecular formula is C16H13ClFN3O. The van der Waals surface area contributed by atoms with Crippen LogP contribution in [0.5, 0.6) is 0 Å². The van der Waals surface area contributed by atoms with Crippen LogP contribution < -0.4 is 5.32 Å². The number of hydrogen-bond acceptors (Lipinski definition) is 4. The maximum Gasteiger partial charge on any atom is 0.247 e. The Balaban J connectivity index is 1.58. The van der Waals surface area contributed by atoms with Crippen LogP contribution in [0.15, 0.2) is 52.9 Å². The van der Waals surface area contributed by atoms with Gasteiger partial charge in [0.15, 0.2) is 0 Å². The van der Waals surface area contributed by atoms with E-state index in [1.807, 2.05) is 30.3 Å². The lowest BCUT2D eigenvalue weighted by Gasteiger charge is -2.05. The van der Waals surface area contributed by atoms with Crippen molar-refractivity contribution in [2.45, 2.75) is 6.42 Å². The molecule has 0 fully saturated rings. The van der Waals surface area contributed by atoms with Crippen LogP contribution in [0, 0.1) is 5.82 Å². The molecule has 6 heteroatoms. The highest BCUT2D eigenvalue weighted by atomic mass is 35.5. The number of nitrogens with zero attached hydrogens (tertiary/aromatic N) is 2. The molecular weight excluding hydrogens is 305 g/mol. The van der Waals surface area contributed by atoms with Crippen LogP contribution in [0.2, 0.25) is 5.02 Å². The lowest BCUT2D eigenvalue weighted by atomic mass is 10.2. The van der Waals surface area contributed by atoms with Crippen molar-refractivity contribution in [2.75, 3.05) is 11.9 Å². The fraction of sp³-hybridized carbons (Fsp3) is 0.125. The molecule has 0 aliphatic rings. The lowest BCUT2D eigenvalue weighted by molar-refractivity contribution is 0.509. The minimum absolute atomic E-state index is 0.0918. The van der Waals surface area contributed by atoms with E-state index in [9.17, 15) is 4.39 Å². The summed E-state index contributed by atoms with van der Waals surface area (Å²) in [4.78, 5) is 0. The van der Waals surface area contributed by atoms with E-state index >= 15 is 0 Å². The molecule has 0 bridgehead atoms. The minimum atomic E-state index is -0.434. The fourth-order valence-electron chi connectivity index (χ4n) is 1.97. The number of aromatic nitrogens is 2. The van der Waals surface area contributed by atoms with Crippen molar-refractivity contribution in [3.05, 3.63) is 65.3 Å². The van der Waals surface area contributed by atoms with Crippen molar-refractivity contribution in [1.82, 2.24) is 10.2 Å². The highest BCUT2D eigenvalue weighted by Crippen LogP contribution is 2.20. The van der Waals surface area contributed by atoms with Gasteiger partial charge in [-0.25, -0.2) is 4.39 Å². The second-order valence-electron chi connectivity index (χ2n) is 4.67. The molecule has 3 rings (SSSR count). The molecule has 0 unspecified atom stereocenters. The molecule has 1 aromatic heterocycles. The van der Waals surface area contributed by atoms with Crippen molar-refractivity contribution in [2.24, 2.45) is 0 Å². The largest absolute Gasteiger partial charge is 0.421 e. The highest BCUT2D eigenvalue weighted by molar-refractivity contribution is 6.31. The van der Waals surface area contributed by atoms with Crippen LogP contribution >= 0.6 is 11.6 Å². The van der Waals surface area contributed by atoms with Crippen LogP contribution in [0.4, 0.5) is 10.1 Å². The standard InChI is InChI=1S/C16H13ClFN3O/c17-13-10-12(6-7-14(13)18)19-9-8-15-20-21-16(22-15)11-4-2-1-3-5-11/h1-7,10,19H,8-9H2.